The summed E-state index contributed by atoms with van der Waals surface area (Å²) in [7, 11) is 0. The van der Waals surface area contributed by atoms with Crippen molar-refractivity contribution in [1.82, 2.24) is 9.80 Å². The summed E-state index contributed by atoms with van der Waals surface area (Å²) < 4.78 is 0. The number of hydrogen-bond acceptors (Lipinski definition) is 2. The van der Waals surface area contributed by atoms with Crippen molar-refractivity contribution >= 4 is 17.5 Å². The van der Waals surface area contributed by atoms with E-state index in [1.165, 1.54) is 11.1 Å². The first kappa shape index (κ1) is 18.7. The van der Waals surface area contributed by atoms with Crippen LogP contribution in [-0.2, 0) is 0 Å². The minimum absolute atomic E-state index is 0.0150. The van der Waals surface area contributed by atoms with Crippen LogP contribution in [0.15, 0.2) is 84.9 Å². The van der Waals surface area contributed by atoms with E-state index >= 15 is 0 Å². The zero-order valence-corrected chi connectivity index (χ0v) is 16.4. The van der Waals surface area contributed by atoms with Gasteiger partial charge in [0.25, 0.3) is 5.91 Å². The van der Waals surface area contributed by atoms with Gasteiger partial charge in [-0.2, -0.15) is 0 Å². The number of piperazine rings is 1. The summed E-state index contributed by atoms with van der Waals surface area (Å²) in [6.45, 7) is 3.04. The normalized spacial score (nSPS) is 15.0. The van der Waals surface area contributed by atoms with Crippen LogP contribution in [0.2, 0.25) is 5.02 Å². The minimum atomic E-state index is 0.0150. The number of hydrogen-bond donors (Lipinski definition) is 0. The predicted molar refractivity (Wildman–Crippen MR) is 114 cm³/mol. The van der Waals surface area contributed by atoms with E-state index in [1.54, 1.807) is 12.1 Å². The van der Waals surface area contributed by atoms with Crippen LogP contribution in [-0.4, -0.2) is 41.9 Å². The Morgan fingerprint density at radius 2 is 1.21 bits per heavy atom. The molecule has 3 nitrogen and oxygen atoms in total. The van der Waals surface area contributed by atoms with E-state index in [-0.39, 0.29) is 11.9 Å². The molecule has 0 aliphatic carbocycles. The molecule has 1 heterocycles. The van der Waals surface area contributed by atoms with Gasteiger partial charge in [-0.15, -0.1) is 0 Å². The Balaban J connectivity index is 1.52. The summed E-state index contributed by atoms with van der Waals surface area (Å²) in [5, 5.41) is 0.515. The lowest BCUT2D eigenvalue weighted by Crippen LogP contribution is -2.49. The third-order valence-electron chi connectivity index (χ3n) is 5.30. The maximum atomic E-state index is 12.9. The fourth-order valence-electron chi connectivity index (χ4n) is 3.87. The van der Waals surface area contributed by atoms with Gasteiger partial charge in [0, 0.05) is 26.2 Å². The maximum absolute atomic E-state index is 12.9. The summed E-state index contributed by atoms with van der Waals surface area (Å²) in [6.07, 6.45) is 0. The van der Waals surface area contributed by atoms with E-state index in [4.69, 9.17) is 11.6 Å². The van der Waals surface area contributed by atoms with Crippen LogP contribution in [0.4, 0.5) is 0 Å². The quantitative estimate of drug-likeness (QED) is 0.633. The Kier molecular flexibility index (Phi) is 5.75. The Morgan fingerprint density at radius 1 is 0.714 bits per heavy atom. The number of rotatable bonds is 4. The highest BCUT2D eigenvalue weighted by molar-refractivity contribution is 6.33. The molecule has 0 radical (unpaired) electrons. The number of benzene rings is 3. The van der Waals surface area contributed by atoms with Gasteiger partial charge in [0.05, 0.1) is 16.6 Å². The van der Waals surface area contributed by atoms with E-state index in [0.717, 1.165) is 13.1 Å². The average Bonchev–Trinajstić information content (AvgIpc) is 2.76. The van der Waals surface area contributed by atoms with Crippen LogP contribution in [0, 0.1) is 0 Å². The van der Waals surface area contributed by atoms with Gasteiger partial charge in [0.2, 0.25) is 0 Å². The highest BCUT2D eigenvalue weighted by Gasteiger charge is 2.28. The van der Waals surface area contributed by atoms with Crippen molar-refractivity contribution in [3.63, 3.8) is 0 Å². The van der Waals surface area contributed by atoms with Gasteiger partial charge in [0.1, 0.15) is 0 Å². The van der Waals surface area contributed by atoms with E-state index in [1.807, 2.05) is 29.2 Å². The molecule has 3 aromatic carbocycles. The molecule has 4 rings (SSSR count). The lowest BCUT2D eigenvalue weighted by Gasteiger charge is -2.40. The molecule has 0 aromatic heterocycles. The van der Waals surface area contributed by atoms with Crippen molar-refractivity contribution < 1.29 is 4.79 Å². The Hall–Kier alpha value is -2.62. The highest BCUT2D eigenvalue weighted by atomic mass is 35.5. The standard InChI is InChI=1S/C24H23ClN2O/c25-22-14-8-7-13-21(22)24(28)27-17-15-26(16-18-27)23(19-9-3-1-4-10-19)20-11-5-2-6-12-20/h1-14,23H,15-18H2. The third kappa shape index (κ3) is 3.96. The Labute approximate surface area is 171 Å². The molecule has 0 spiro atoms. The van der Waals surface area contributed by atoms with Crippen LogP contribution >= 0.6 is 11.6 Å². The van der Waals surface area contributed by atoms with Gasteiger partial charge in [-0.1, -0.05) is 84.4 Å². The smallest absolute Gasteiger partial charge is 0.255 e. The van der Waals surface area contributed by atoms with Gasteiger partial charge in [-0.05, 0) is 23.3 Å². The predicted octanol–water partition coefficient (Wildman–Crippen LogP) is 4.89. The molecule has 1 aliphatic rings. The highest BCUT2D eigenvalue weighted by Crippen LogP contribution is 2.30. The number of nitrogens with zero attached hydrogens (tertiary/aromatic N) is 2. The van der Waals surface area contributed by atoms with Crippen molar-refractivity contribution in [1.29, 1.82) is 0 Å². The number of halogens is 1. The van der Waals surface area contributed by atoms with Crippen LogP contribution in [0.5, 0.6) is 0 Å². The van der Waals surface area contributed by atoms with Crippen LogP contribution in [0.1, 0.15) is 27.5 Å². The zero-order valence-electron chi connectivity index (χ0n) is 15.7. The van der Waals surface area contributed by atoms with E-state index < -0.39 is 0 Å². The topological polar surface area (TPSA) is 23.6 Å². The van der Waals surface area contributed by atoms with Crippen molar-refractivity contribution in [2.75, 3.05) is 26.2 Å². The molecule has 0 bridgehead atoms. The lowest BCUT2D eigenvalue weighted by atomic mass is 9.96. The van der Waals surface area contributed by atoms with Crippen LogP contribution in [0.25, 0.3) is 0 Å². The molecular formula is C24H23ClN2O. The van der Waals surface area contributed by atoms with Crippen molar-refractivity contribution in [2.24, 2.45) is 0 Å². The fourth-order valence-corrected chi connectivity index (χ4v) is 4.09. The number of carbonyl (C=O) groups excluding carboxylic acids is 1. The fraction of sp³-hybridized carbons (Fsp3) is 0.208. The van der Waals surface area contributed by atoms with Gasteiger partial charge < -0.3 is 4.90 Å². The molecule has 1 aliphatic heterocycles. The third-order valence-corrected chi connectivity index (χ3v) is 5.63. The molecule has 28 heavy (non-hydrogen) atoms. The van der Waals surface area contributed by atoms with E-state index in [0.29, 0.717) is 23.7 Å². The van der Waals surface area contributed by atoms with E-state index in [9.17, 15) is 4.79 Å². The van der Waals surface area contributed by atoms with Gasteiger partial charge in [-0.25, -0.2) is 0 Å². The molecule has 0 saturated carbocycles. The summed E-state index contributed by atoms with van der Waals surface area (Å²) in [6, 6.07) is 28.6. The first-order valence-electron chi connectivity index (χ1n) is 9.62. The zero-order chi connectivity index (χ0) is 19.3. The largest absolute Gasteiger partial charge is 0.336 e. The molecule has 1 amide bonds. The molecule has 0 N–H and O–H groups in total. The van der Waals surface area contributed by atoms with Crippen LogP contribution < -0.4 is 0 Å². The lowest BCUT2D eigenvalue weighted by molar-refractivity contribution is 0.0597. The van der Waals surface area contributed by atoms with Crippen molar-refractivity contribution in [2.45, 2.75) is 6.04 Å². The second-order valence-electron chi connectivity index (χ2n) is 7.03. The Bertz CT molecular complexity index is 882. The average molecular weight is 391 g/mol. The number of carbonyl (C=O) groups is 1. The molecule has 0 atom stereocenters. The molecule has 142 valence electrons. The minimum Gasteiger partial charge on any atom is -0.336 e. The molecule has 4 heteroatoms. The molecule has 0 unspecified atom stereocenters. The van der Waals surface area contributed by atoms with E-state index in [2.05, 4.69) is 53.4 Å². The monoisotopic (exact) mass is 390 g/mol. The molecule has 1 fully saturated rings. The first-order valence-corrected chi connectivity index (χ1v) is 9.99. The molecule has 3 aromatic rings. The molecule has 1 saturated heterocycles. The number of amides is 1. The maximum Gasteiger partial charge on any atom is 0.255 e. The van der Waals surface area contributed by atoms with Crippen molar-refractivity contribution in [3.8, 4) is 0 Å². The first-order chi connectivity index (χ1) is 13.7. The second kappa shape index (κ2) is 8.59. The van der Waals surface area contributed by atoms with Gasteiger partial charge in [-0.3, -0.25) is 9.69 Å². The van der Waals surface area contributed by atoms with Crippen LogP contribution in [0.3, 0.4) is 0 Å². The SMILES string of the molecule is O=C(c1ccccc1Cl)N1CCN(C(c2ccccc2)c2ccccc2)CC1. The van der Waals surface area contributed by atoms with Gasteiger partial charge in [0.15, 0.2) is 0 Å². The second-order valence-corrected chi connectivity index (χ2v) is 7.44. The summed E-state index contributed by atoms with van der Waals surface area (Å²) >= 11 is 6.22. The Morgan fingerprint density at radius 3 is 1.75 bits per heavy atom. The summed E-state index contributed by atoms with van der Waals surface area (Å²) in [5.74, 6) is 0.0150. The van der Waals surface area contributed by atoms with Gasteiger partial charge >= 0.3 is 0 Å². The summed E-state index contributed by atoms with van der Waals surface area (Å²) in [4.78, 5) is 17.2. The summed E-state index contributed by atoms with van der Waals surface area (Å²) in [5.41, 5.74) is 3.14. The van der Waals surface area contributed by atoms with Crippen molar-refractivity contribution in [3.05, 3.63) is 107 Å². The molecular weight excluding hydrogens is 368 g/mol.